The van der Waals surface area contributed by atoms with Gasteiger partial charge in [0, 0.05) is 22.6 Å². The second-order valence-electron chi connectivity index (χ2n) is 6.09. The van der Waals surface area contributed by atoms with E-state index in [1.165, 1.54) is 59.8 Å². The second kappa shape index (κ2) is 5.01. The molecule has 0 radical (unpaired) electrons. The van der Waals surface area contributed by atoms with Crippen molar-refractivity contribution in [3.63, 3.8) is 0 Å². The Morgan fingerprint density at radius 2 is 1.89 bits per heavy atom. The van der Waals surface area contributed by atoms with Crippen LogP contribution < -0.4 is 5.73 Å². The van der Waals surface area contributed by atoms with E-state index in [2.05, 4.69) is 37.0 Å². The van der Waals surface area contributed by atoms with Crippen molar-refractivity contribution in [2.24, 2.45) is 11.7 Å². The quantitative estimate of drug-likeness (QED) is 0.823. The van der Waals surface area contributed by atoms with Gasteiger partial charge in [-0.3, -0.25) is 0 Å². The smallest absolute Gasteiger partial charge is 0.0489 e. The first kappa shape index (κ1) is 12.7. The number of rotatable bonds is 2. The summed E-state index contributed by atoms with van der Waals surface area (Å²) in [6.45, 7) is 4.33. The average molecular weight is 256 g/mol. The molecule has 0 aliphatic heterocycles. The molecule has 1 aliphatic rings. The van der Waals surface area contributed by atoms with E-state index in [0.29, 0.717) is 5.92 Å². The molecule has 1 heterocycles. The Hall–Kier alpha value is -1.28. The molecule has 1 fully saturated rings. The molecular formula is C17H24N2. The summed E-state index contributed by atoms with van der Waals surface area (Å²) in [5.74, 6) is 0.659. The molecule has 1 saturated carbocycles. The molecule has 3 rings (SSSR count). The minimum atomic E-state index is 0.191. The molecule has 2 nitrogen and oxygen atoms in total. The van der Waals surface area contributed by atoms with Crippen molar-refractivity contribution in [1.29, 1.82) is 0 Å². The minimum absolute atomic E-state index is 0.191. The number of nitrogens with two attached hydrogens (primary N) is 1. The van der Waals surface area contributed by atoms with Gasteiger partial charge in [0.2, 0.25) is 0 Å². The van der Waals surface area contributed by atoms with Gasteiger partial charge in [0.05, 0.1) is 0 Å². The van der Waals surface area contributed by atoms with Gasteiger partial charge in [0.1, 0.15) is 0 Å². The Bertz CT molecular complexity index is 576. The monoisotopic (exact) mass is 256 g/mol. The van der Waals surface area contributed by atoms with Crippen LogP contribution in [0.2, 0.25) is 0 Å². The maximum Gasteiger partial charge on any atom is 0.0489 e. The Kier molecular flexibility index (Phi) is 3.36. The molecule has 0 saturated heterocycles. The van der Waals surface area contributed by atoms with Crippen molar-refractivity contribution in [2.75, 3.05) is 0 Å². The Morgan fingerprint density at radius 1 is 1.16 bits per heavy atom. The van der Waals surface area contributed by atoms with Gasteiger partial charge in [-0.2, -0.15) is 0 Å². The van der Waals surface area contributed by atoms with E-state index in [4.69, 9.17) is 5.73 Å². The molecule has 0 spiro atoms. The fourth-order valence-corrected chi connectivity index (χ4v) is 3.67. The van der Waals surface area contributed by atoms with Gasteiger partial charge >= 0.3 is 0 Å². The SMILES string of the molecule is Cc1[nH]c2c(C)cccc2c1C(N)C1CCCCC1. The Labute approximate surface area is 115 Å². The normalized spacial score (nSPS) is 18.9. The van der Waals surface area contributed by atoms with Crippen molar-refractivity contribution in [1.82, 2.24) is 4.98 Å². The van der Waals surface area contributed by atoms with Gasteiger partial charge in [-0.15, -0.1) is 0 Å². The second-order valence-corrected chi connectivity index (χ2v) is 6.09. The first-order chi connectivity index (χ1) is 9.18. The van der Waals surface area contributed by atoms with Gasteiger partial charge in [-0.05, 0) is 43.7 Å². The molecule has 19 heavy (non-hydrogen) atoms. The number of H-pyrrole nitrogens is 1. The number of para-hydroxylation sites is 1. The van der Waals surface area contributed by atoms with E-state index in [1.54, 1.807) is 0 Å². The molecule has 1 atom stereocenters. The van der Waals surface area contributed by atoms with Crippen LogP contribution in [0.1, 0.15) is 55.0 Å². The molecule has 1 aliphatic carbocycles. The van der Waals surface area contributed by atoms with Gasteiger partial charge in [0.25, 0.3) is 0 Å². The van der Waals surface area contributed by atoms with E-state index >= 15 is 0 Å². The van der Waals surface area contributed by atoms with Gasteiger partial charge in [-0.1, -0.05) is 37.5 Å². The summed E-state index contributed by atoms with van der Waals surface area (Å²) in [6.07, 6.45) is 6.66. The highest BCUT2D eigenvalue weighted by Crippen LogP contribution is 2.37. The fourth-order valence-electron chi connectivity index (χ4n) is 3.67. The summed E-state index contributed by atoms with van der Waals surface area (Å²) >= 11 is 0. The maximum atomic E-state index is 6.61. The largest absolute Gasteiger partial charge is 0.358 e. The first-order valence-corrected chi connectivity index (χ1v) is 7.52. The predicted octanol–water partition coefficient (Wildman–Crippen LogP) is 4.36. The zero-order chi connectivity index (χ0) is 13.4. The van der Waals surface area contributed by atoms with Crippen LogP contribution >= 0.6 is 0 Å². The molecule has 1 unspecified atom stereocenters. The van der Waals surface area contributed by atoms with Crippen LogP contribution in [0.4, 0.5) is 0 Å². The first-order valence-electron chi connectivity index (χ1n) is 7.52. The van der Waals surface area contributed by atoms with Crippen LogP contribution in [0.5, 0.6) is 0 Å². The molecule has 102 valence electrons. The molecule has 0 bridgehead atoms. The molecule has 1 aromatic carbocycles. The van der Waals surface area contributed by atoms with Gasteiger partial charge in [0.15, 0.2) is 0 Å². The van der Waals surface area contributed by atoms with Crippen LogP contribution in [0.15, 0.2) is 18.2 Å². The summed E-state index contributed by atoms with van der Waals surface area (Å²) in [5, 5.41) is 1.33. The zero-order valence-electron chi connectivity index (χ0n) is 12.0. The highest BCUT2D eigenvalue weighted by Gasteiger charge is 2.25. The van der Waals surface area contributed by atoms with E-state index in [1.807, 2.05) is 0 Å². The van der Waals surface area contributed by atoms with E-state index in [-0.39, 0.29) is 6.04 Å². The summed E-state index contributed by atoms with van der Waals surface area (Å²) in [4.78, 5) is 3.54. The van der Waals surface area contributed by atoms with Crippen LogP contribution in [0.25, 0.3) is 10.9 Å². The lowest BCUT2D eigenvalue weighted by molar-refractivity contribution is 0.308. The third-order valence-electron chi connectivity index (χ3n) is 4.77. The highest BCUT2D eigenvalue weighted by molar-refractivity contribution is 5.87. The number of aromatic nitrogens is 1. The predicted molar refractivity (Wildman–Crippen MR) is 81.3 cm³/mol. The summed E-state index contributed by atoms with van der Waals surface area (Å²) in [6, 6.07) is 6.70. The van der Waals surface area contributed by atoms with Crippen molar-refractivity contribution in [2.45, 2.75) is 52.0 Å². The number of fused-ring (bicyclic) bond motifs is 1. The van der Waals surface area contributed by atoms with E-state index in [9.17, 15) is 0 Å². The standard InChI is InChI=1S/C17H24N2/c1-11-7-6-10-14-15(12(2)19-17(11)14)16(18)13-8-4-3-5-9-13/h6-7,10,13,16,19H,3-5,8-9,18H2,1-2H3. The lowest BCUT2D eigenvalue weighted by Gasteiger charge is -2.28. The molecule has 2 heteroatoms. The highest BCUT2D eigenvalue weighted by atomic mass is 14.8. The van der Waals surface area contributed by atoms with Crippen molar-refractivity contribution < 1.29 is 0 Å². The van der Waals surface area contributed by atoms with Gasteiger partial charge < -0.3 is 10.7 Å². The zero-order valence-corrected chi connectivity index (χ0v) is 12.0. The summed E-state index contributed by atoms with van der Waals surface area (Å²) < 4.78 is 0. The molecular weight excluding hydrogens is 232 g/mol. The number of aryl methyl sites for hydroxylation is 2. The Morgan fingerprint density at radius 3 is 2.63 bits per heavy atom. The van der Waals surface area contributed by atoms with Crippen molar-refractivity contribution in [3.05, 3.63) is 35.0 Å². The molecule has 1 aromatic heterocycles. The number of aromatic amines is 1. The number of nitrogens with one attached hydrogen (secondary N) is 1. The Balaban J connectivity index is 2.03. The topological polar surface area (TPSA) is 41.8 Å². The van der Waals surface area contributed by atoms with Crippen LogP contribution in [-0.2, 0) is 0 Å². The molecule has 3 N–H and O–H groups in total. The van der Waals surface area contributed by atoms with E-state index in [0.717, 1.165) is 0 Å². The third kappa shape index (κ3) is 2.18. The van der Waals surface area contributed by atoms with E-state index < -0.39 is 0 Å². The van der Waals surface area contributed by atoms with Crippen LogP contribution in [0.3, 0.4) is 0 Å². The number of benzene rings is 1. The lowest BCUT2D eigenvalue weighted by Crippen LogP contribution is -2.24. The number of hydrogen-bond acceptors (Lipinski definition) is 1. The molecule has 2 aromatic rings. The van der Waals surface area contributed by atoms with Gasteiger partial charge in [-0.25, -0.2) is 0 Å². The average Bonchev–Trinajstić information content (AvgIpc) is 2.77. The maximum absolute atomic E-state index is 6.61. The summed E-state index contributed by atoms with van der Waals surface area (Å²) in [5.41, 5.74) is 11.8. The van der Waals surface area contributed by atoms with Crippen molar-refractivity contribution in [3.8, 4) is 0 Å². The number of hydrogen-bond donors (Lipinski definition) is 2. The van der Waals surface area contributed by atoms with Crippen LogP contribution in [-0.4, -0.2) is 4.98 Å². The lowest BCUT2D eigenvalue weighted by atomic mass is 9.81. The van der Waals surface area contributed by atoms with Crippen molar-refractivity contribution >= 4 is 10.9 Å². The van der Waals surface area contributed by atoms with Crippen LogP contribution in [0, 0.1) is 19.8 Å². The fraction of sp³-hybridized carbons (Fsp3) is 0.529. The summed E-state index contributed by atoms with van der Waals surface area (Å²) in [7, 11) is 0. The molecule has 0 amide bonds. The third-order valence-corrected chi connectivity index (χ3v) is 4.77. The minimum Gasteiger partial charge on any atom is -0.358 e.